The maximum atomic E-state index is 12.4. The molecule has 1 heterocycles. The molecule has 0 saturated carbocycles. The van der Waals surface area contributed by atoms with Crippen LogP contribution >= 0.6 is 0 Å². The van der Waals surface area contributed by atoms with E-state index in [9.17, 15) is 23.7 Å². The van der Waals surface area contributed by atoms with E-state index in [2.05, 4.69) is 4.98 Å². The standard InChI is InChI=1S/C7H5F2N3O3/c8-6(9)4-5(12(14)15)3(2-13)1-11-7(4)10/h1-2,6H,(H2,10,11). The SMILES string of the molecule is Nc1ncc(C=O)c([N+](=O)[O-])c1C(F)F. The van der Waals surface area contributed by atoms with Gasteiger partial charge in [0, 0.05) is 6.20 Å². The summed E-state index contributed by atoms with van der Waals surface area (Å²) in [6.07, 6.45) is -2.29. The number of nitrogens with two attached hydrogens (primary N) is 1. The third-order valence-corrected chi connectivity index (χ3v) is 1.67. The van der Waals surface area contributed by atoms with E-state index in [4.69, 9.17) is 5.73 Å². The van der Waals surface area contributed by atoms with Crippen molar-refractivity contribution in [3.05, 3.63) is 27.4 Å². The topological polar surface area (TPSA) is 99.1 Å². The number of nitro groups is 1. The molecule has 0 atom stereocenters. The summed E-state index contributed by atoms with van der Waals surface area (Å²) in [5.41, 5.74) is 2.53. The molecule has 0 aromatic carbocycles. The lowest BCUT2D eigenvalue weighted by atomic mass is 10.1. The number of hydrogen-bond donors (Lipinski definition) is 1. The first-order chi connectivity index (χ1) is 6.99. The van der Waals surface area contributed by atoms with Crippen molar-refractivity contribution in [3.8, 4) is 0 Å². The third-order valence-electron chi connectivity index (χ3n) is 1.67. The van der Waals surface area contributed by atoms with Crippen molar-refractivity contribution < 1.29 is 18.5 Å². The maximum absolute atomic E-state index is 12.4. The molecule has 1 aromatic rings. The van der Waals surface area contributed by atoms with Crippen molar-refractivity contribution in [1.82, 2.24) is 4.98 Å². The molecule has 0 spiro atoms. The van der Waals surface area contributed by atoms with Crippen molar-refractivity contribution in [2.24, 2.45) is 0 Å². The number of hydrogen-bond acceptors (Lipinski definition) is 5. The number of anilines is 1. The van der Waals surface area contributed by atoms with Gasteiger partial charge < -0.3 is 5.73 Å². The van der Waals surface area contributed by atoms with E-state index in [1.165, 1.54) is 0 Å². The highest BCUT2D eigenvalue weighted by atomic mass is 19.3. The molecule has 0 aliphatic carbocycles. The second-order valence-electron chi connectivity index (χ2n) is 2.54. The smallest absolute Gasteiger partial charge is 0.294 e. The molecule has 6 nitrogen and oxygen atoms in total. The molecule has 0 aliphatic heterocycles. The van der Waals surface area contributed by atoms with Crippen LogP contribution in [-0.4, -0.2) is 16.2 Å². The van der Waals surface area contributed by atoms with Crippen LogP contribution in [0.1, 0.15) is 22.3 Å². The van der Waals surface area contributed by atoms with Gasteiger partial charge in [-0.25, -0.2) is 13.8 Å². The number of halogens is 2. The molecule has 80 valence electrons. The number of nitrogen functional groups attached to an aromatic ring is 1. The zero-order valence-electron chi connectivity index (χ0n) is 7.18. The summed E-state index contributed by atoms with van der Waals surface area (Å²) >= 11 is 0. The molecule has 0 unspecified atom stereocenters. The number of aromatic nitrogens is 1. The first-order valence-corrected chi connectivity index (χ1v) is 3.65. The Balaban J connectivity index is 3.58. The molecule has 0 bridgehead atoms. The van der Waals surface area contributed by atoms with Crippen LogP contribution in [0.15, 0.2) is 6.20 Å². The van der Waals surface area contributed by atoms with E-state index in [0.717, 1.165) is 6.20 Å². The molecule has 2 N–H and O–H groups in total. The number of nitrogens with zero attached hydrogens (tertiary/aromatic N) is 2. The van der Waals surface area contributed by atoms with Crippen LogP contribution in [0.5, 0.6) is 0 Å². The molecular weight excluding hydrogens is 212 g/mol. The van der Waals surface area contributed by atoms with E-state index in [-0.39, 0.29) is 6.29 Å². The van der Waals surface area contributed by atoms with Gasteiger partial charge in [-0.15, -0.1) is 0 Å². The Morgan fingerprint density at radius 1 is 1.60 bits per heavy atom. The van der Waals surface area contributed by atoms with Crippen molar-refractivity contribution in [2.75, 3.05) is 5.73 Å². The van der Waals surface area contributed by atoms with Crippen LogP contribution in [0, 0.1) is 10.1 Å². The number of alkyl halides is 2. The summed E-state index contributed by atoms with van der Waals surface area (Å²) < 4.78 is 24.8. The van der Waals surface area contributed by atoms with Gasteiger partial charge in [0.15, 0.2) is 6.29 Å². The minimum atomic E-state index is -3.15. The van der Waals surface area contributed by atoms with Gasteiger partial charge >= 0.3 is 0 Å². The summed E-state index contributed by atoms with van der Waals surface area (Å²) in [7, 11) is 0. The molecule has 8 heteroatoms. The largest absolute Gasteiger partial charge is 0.383 e. The number of pyridine rings is 1. The Kier molecular flexibility index (Phi) is 2.88. The molecule has 0 radical (unpaired) electrons. The van der Waals surface area contributed by atoms with Crippen LogP contribution in [-0.2, 0) is 0 Å². The second-order valence-corrected chi connectivity index (χ2v) is 2.54. The van der Waals surface area contributed by atoms with E-state index in [1.807, 2.05) is 0 Å². The monoisotopic (exact) mass is 217 g/mol. The van der Waals surface area contributed by atoms with Crippen molar-refractivity contribution in [1.29, 1.82) is 0 Å². The van der Waals surface area contributed by atoms with Crippen LogP contribution in [0.2, 0.25) is 0 Å². The number of carbonyl (C=O) groups is 1. The Hall–Kier alpha value is -2.12. The lowest BCUT2D eigenvalue weighted by Crippen LogP contribution is -2.06. The summed E-state index contributed by atoms with van der Waals surface area (Å²) in [4.78, 5) is 23.1. The first kappa shape index (κ1) is 11.0. The quantitative estimate of drug-likeness (QED) is 0.467. The highest BCUT2D eigenvalue weighted by molar-refractivity contribution is 5.83. The average Bonchev–Trinajstić information content (AvgIpc) is 2.16. The second kappa shape index (κ2) is 3.95. The van der Waals surface area contributed by atoms with Crippen LogP contribution < -0.4 is 5.73 Å². The zero-order valence-corrected chi connectivity index (χ0v) is 7.18. The van der Waals surface area contributed by atoms with Gasteiger partial charge in [0.2, 0.25) is 0 Å². The third kappa shape index (κ3) is 1.87. The molecule has 1 aromatic heterocycles. The average molecular weight is 217 g/mol. The number of aldehydes is 1. The fourth-order valence-corrected chi connectivity index (χ4v) is 1.05. The molecule has 0 amide bonds. The fourth-order valence-electron chi connectivity index (χ4n) is 1.05. The molecule has 0 saturated heterocycles. The van der Waals surface area contributed by atoms with Gasteiger partial charge in [-0.1, -0.05) is 0 Å². The Labute approximate surface area is 81.9 Å². The normalized spacial score (nSPS) is 10.3. The van der Waals surface area contributed by atoms with E-state index in [0.29, 0.717) is 0 Å². The minimum absolute atomic E-state index is 0.0798. The van der Waals surface area contributed by atoms with Gasteiger partial charge in [-0.05, 0) is 0 Å². The summed E-state index contributed by atoms with van der Waals surface area (Å²) in [5, 5.41) is 10.5. The summed E-state index contributed by atoms with van der Waals surface area (Å²) in [6.45, 7) is 0. The highest BCUT2D eigenvalue weighted by Gasteiger charge is 2.29. The van der Waals surface area contributed by atoms with E-state index in [1.54, 1.807) is 0 Å². The van der Waals surface area contributed by atoms with E-state index < -0.39 is 34.0 Å². The molecule has 0 aliphatic rings. The van der Waals surface area contributed by atoms with Crippen molar-refractivity contribution in [2.45, 2.75) is 6.43 Å². The van der Waals surface area contributed by atoms with Crippen molar-refractivity contribution in [3.63, 3.8) is 0 Å². The van der Waals surface area contributed by atoms with Crippen LogP contribution in [0.3, 0.4) is 0 Å². The Morgan fingerprint density at radius 2 is 2.20 bits per heavy atom. The predicted molar refractivity (Wildman–Crippen MR) is 45.6 cm³/mol. The molecular formula is C7H5F2N3O3. The summed E-state index contributed by atoms with van der Waals surface area (Å²) in [6, 6.07) is 0. The van der Waals surface area contributed by atoms with Gasteiger partial charge in [0.25, 0.3) is 12.1 Å². The van der Waals surface area contributed by atoms with Crippen LogP contribution in [0.4, 0.5) is 20.3 Å². The van der Waals surface area contributed by atoms with Gasteiger partial charge in [-0.2, -0.15) is 0 Å². The van der Waals surface area contributed by atoms with Gasteiger partial charge in [-0.3, -0.25) is 14.9 Å². The molecule has 1 rings (SSSR count). The first-order valence-electron chi connectivity index (χ1n) is 3.65. The Bertz CT molecular complexity index is 422. The van der Waals surface area contributed by atoms with E-state index >= 15 is 0 Å². The molecule has 0 fully saturated rings. The molecule has 15 heavy (non-hydrogen) atoms. The predicted octanol–water partition coefficient (Wildman–Crippen LogP) is 1.32. The Morgan fingerprint density at radius 3 is 2.60 bits per heavy atom. The van der Waals surface area contributed by atoms with Gasteiger partial charge in [0.05, 0.1) is 4.92 Å². The lowest BCUT2D eigenvalue weighted by molar-refractivity contribution is -0.386. The number of carbonyl (C=O) groups excluding carboxylic acids is 1. The fraction of sp³-hybridized carbons (Fsp3) is 0.143. The lowest BCUT2D eigenvalue weighted by Gasteiger charge is -2.05. The maximum Gasteiger partial charge on any atom is 0.294 e. The minimum Gasteiger partial charge on any atom is -0.383 e. The highest BCUT2D eigenvalue weighted by Crippen LogP contribution is 2.34. The zero-order chi connectivity index (χ0) is 11.6. The van der Waals surface area contributed by atoms with Gasteiger partial charge in [0.1, 0.15) is 16.9 Å². The van der Waals surface area contributed by atoms with Crippen molar-refractivity contribution >= 4 is 17.8 Å². The summed E-state index contributed by atoms with van der Waals surface area (Å²) in [5.74, 6) is -0.651. The van der Waals surface area contributed by atoms with Crippen LogP contribution in [0.25, 0.3) is 0 Å². The number of rotatable bonds is 3.